The van der Waals surface area contributed by atoms with Crippen LogP contribution in [0.1, 0.15) is 18.9 Å². The molecule has 0 fully saturated rings. The van der Waals surface area contributed by atoms with E-state index in [2.05, 4.69) is 0 Å². The highest BCUT2D eigenvalue weighted by molar-refractivity contribution is 6.18. The Morgan fingerprint density at radius 3 is 2.81 bits per heavy atom. The van der Waals surface area contributed by atoms with Crippen molar-refractivity contribution in [1.29, 1.82) is 5.26 Å². The van der Waals surface area contributed by atoms with Gasteiger partial charge in [-0.15, -0.1) is 11.6 Å². The van der Waals surface area contributed by atoms with Gasteiger partial charge in [-0.3, -0.25) is 4.79 Å². The van der Waals surface area contributed by atoms with Crippen molar-refractivity contribution < 1.29 is 19.1 Å². The zero-order valence-electron chi connectivity index (χ0n) is 11.5. The zero-order valence-corrected chi connectivity index (χ0v) is 12.2. The average molecular weight is 308 g/mol. The average Bonchev–Trinajstić information content (AvgIpc) is 2.45. The summed E-state index contributed by atoms with van der Waals surface area (Å²) in [5.74, 6) is -0.638. The van der Waals surface area contributed by atoms with Crippen LogP contribution in [-0.2, 0) is 14.3 Å². The number of benzene rings is 1. The maximum absolute atomic E-state index is 11.5. The lowest BCUT2D eigenvalue weighted by Gasteiger charge is -2.04. The third kappa shape index (κ3) is 5.67. The van der Waals surface area contributed by atoms with Gasteiger partial charge in [-0.1, -0.05) is 12.1 Å². The molecule has 0 aliphatic carbocycles. The molecule has 0 radical (unpaired) electrons. The number of halogens is 1. The van der Waals surface area contributed by atoms with Crippen molar-refractivity contribution in [3.05, 3.63) is 35.4 Å². The monoisotopic (exact) mass is 307 g/mol. The van der Waals surface area contributed by atoms with Crippen molar-refractivity contribution in [3.63, 3.8) is 0 Å². The molecule has 5 nitrogen and oxygen atoms in total. The molecule has 1 aromatic carbocycles. The Morgan fingerprint density at radius 2 is 2.19 bits per heavy atom. The third-order valence-corrected chi connectivity index (χ3v) is 2.50. The first-order valence-electron chi connectivity index (χ1n) is 6.26. The summed E-state index contributed by atoms with van der Waals surface area (Å²) in [6, 6.07) is 8.24. The lowest BCUT2D eigenvalue weighted by molar-refractivity contribution is -0.138. The molecule has 6 heteroatoms. The van der Waals surface area contributed by atoms with Gasteiger partial charge in [-0.2, -0.15) is 5.26 Å². The van der Waals surface area contributed by atoms with Crippen LogP contribution in [0.15, 0.2) is 29.8 Å². The van der Waals surface area contributed by atoms with E-state index in [-0.39, 0.29) is 24.5 Å². The fraction of sp³-hybridized carbons (Fsp3) is 0.267. The molecule has 0 atom stereocenters. The van der Waals surface area contributed by atoms with E-state index >= 15 is 0 Å². The van der Waals surface area contributed by atoms with Crippen LogP contribution < -0.4 is 4.74 Å². The molecule has 0 heterocycles. The van der Waals surface area contributed by atoms with Gasteiger partial charge >= 0.3 is 11.9 Å². The number of carbonyl (C=O) groups excluding carboxylic acids is 2. The van der Waals surface area contributed by atoms with E-state index < -0.39 is 11.9 Å². The minimum Gasteiger partial charge on any atom is -0.462 e. The number of hydrogen-bond donors (Lipinski definition) is 0. The molecule has 0 bridgehead atoms. The summed E-state index contributed by atoms with van der Waals surface area (Å²) in [5.41, 5.74) is 0.428. The van der Waals surface area contributed by atoms with Crippen LogP contribution in [-0.4, -0.2) is 24.4 Å². The Kier molecular flexibility index (Phi) is 6.99. The summed E-state index contributed by atoms with van der Waals surface area (Å²) in [5, 5.41) is 8.95. The van der Waals surface area contributed by atoms with E-state index in [1.165, 1.54) is 6.08 Å². The molecule has 1 aromatic rings. The molecule has 110 valence electrons. The molecule has 0 amide bonds. The minimum absolute atomic E-state index is 0.105. The van der Waals surface area contributed by atoms with Crippen molar-refractivity contribution >= 4 is 29.6 Å². The fourth-order valence-electron chi connectivity index (χ4n) is 1.44. The number of carbonyl (C=O) groups is 2. The molecule has 0 saturated carbocycles. The smallest absolute Gasteiger partial charge is 0.348 e. The molecule has 0 aliphatic heterocycles. The Labute approximate surface area is 127 Å². The largest absolute Gasteiger partial charge is 0.462 e. The maximum atomic E-state index is 11.5. The molecular weight excluding hydrogens is 294 g/mol. The van der Waals surface area contributed by atoms with Crippen LogP contribution in [0.25, 0.3) is 6.08 Å². The van der Waals surface area contributed by atoms with Gasteiger partial charge < -0.3 is 9.47 Å². The van der Waals surface area contributed by atoms with Crippen LogP contribution in [0.5, 0.6) is 5.75 Å². The van der Waals surface area contributed by atoms with Crippen molar-refractivity contribution in [3.8, 4) is 11.8 Å². The lowest BCUT2D eigenvalue weighted by atomic mass is 10.1. The number of hydrogen-bond acceptors (Lipinski definition) is 5. The lowest BCUT2D eigenvalue weighted by Crippen LogP contribution is -2.08. The van der Waals surface area contributed by atoms with Crippen LogP contribution in [0.4, 0.5) is 0 Å². The third-order valence-electron chi connectivity index (χ3n) is 2.32. The van der Waals surface area contributed by atoms with Gasteiger partial charge in [0.15, 0.2) is 0 Å². The summed E-state index contributed by atoms with van der Waals surface area (Å²) in [4.78, 5) is 22.9. The van der Waals surface area contributed by atoms with E-state index in [1.54, 1.807) is 37.3 Å². The second-order valence-corrected chi connectivity index (χ2v) is 4.25. The Hall–Kier alpha value is -2.32. The summed E-state index contributed by atoms with van der Waals surface area (Å²) in [6.45, 7) is 1.85. The van der Waals surface area contributed by atoms with Crippen LogP contribution in [0.2, 0.25) is 0 Å². The first-order chi connectivity index (χ1) is 10.1. The highest BCUT2D eigenvalue weighted by atomic mass is 35.5. The molecule has 1 rings (SSSR count). The standard InChI is InChI=1S/C15H14ClNO4/c1-2-20-15(19)12(10-17)8-11-4-3-5-13(9-11)21-14(18)6-7-16/h3-5,8-9H,2,6-7H2,1H3/b12-8+. The molecule has 0 aromatic heterocycles. The Balaban J connectivity index is 2.91. The van der Waals surface area contributed by atoms with Gasteiger partial charge in [0.25, 0.3) is 0 Å². The second kappa shape index (κ2) is 8.77. The molecule has 21 heavy (non-hydrogen) atoms. The number of esters is 2. The summed E-state index contributed by atoms with van der Waals surface area (Å²) >= 11 is 5.45. The van der Waals surface area contributed by atoms with E-state index in [4.69, 9.17) is 26.3 Å². The molecular formula is C15H14ClNO4. The highest BCUT2D eigenvalue weighted by Crippen LogP contribution is 2.17. The zero-order chi connectivity index (χ0) is 15.7. The van der Waals surface area contributed by atoms with E-state index in [0.717, 1.165) is 0 Å². The molecule has 0 unspecified atom stereocenters. The summed E-state index contributed by atoms with van der Waals surface area (Å²) in [7, 11) is 0. The fourth-order valence-corrected chi connectivity index (χ4v) is 1.59. The van der Waals surface area contributed by atoms with E-state index in [9.17, 15) is 9.59 Å². The summed E-state index contributed by atoms with van der Waals surface area (Å²) in [6.07, 6.45) is 1.48. The Morgan fingerprint density at radius 1 is 1.43 bits per heavy atom. The molecule has 0 spiro atoms. The normalized spacial score (nSPS) is 10.6. The van der Waals surface area contributed by atoms with E-state index in [0.29, 0.717) is 11.3 Å². The van der Waals surface area contributed by atoms with Gasteiger partial charge in [-0.05, 0) is 30.7 Å². The quantitative estimate of drug-likeness (QED) is 0.265. The van der Waals surface area contributed by atoms with Crippen LogP contribution >= 0.6 is 11.6 Å². The maximum Gasteiger partial charge on any atom is 0.348 e. The molecule has 0 saturated heterocycles. The van der Waals surface area contributed by atoms with Crippen LogP contribution in [0, 0.1) is 11.3 Å². The van der Waals surface area contributed by atoms with Crippen molar-refractivity contribution in [2.45, 2.75) is 13.3 Å². The number of alkyl halides is 1. The predicted octanol–water partition coefficient (Wildman–Crippen LogP) is 2.69. The first-order valence-corrected chi connectivity index (χ1v) is 6.79. The predicted molar refractivity (Wildman–Crippen MR) is 77.6 cm³/mol. The van der Waals surface area contributed by atoms with Gasteiger partial charge in [-0.25, -0.2) is 4.79 Å². The number of rotatable bonds is 6. The van der Waals surface area contributed by atoms with Gasteiger partial charge in [0.2, 0.25) is 0 Å². The number of nitriles is 1. The van der Waals surface area contributed by atoms with Gasteiger partial charge in [0, 0.05) is 5.88 Å². The topological polar surface area (TPSA) is 76.4 Å². The summed E-state index contributed by atoms with van der Waals surface area (Å²) < 4.78 is 9.83. The molecule has 0 aliphatic rings. The first kappa shape index (κ1) is 16.7. The molecule has 0 N–H and O–H groups in total. The Bertz CT molecular complexity index is 590. The van der Waals surface area contributed by atoms with Crippen LogP contribution in [0.3, 0.4) is 0 Å². The SMILES string of the molecule is CCOC(=O)/C(C#N)=C/c1cccc(OC(=O)CCCl)c1. The highest BCUT2D eigenvalue weighted by Gasteiger charge is 2.10. The minimum atomic E-state index is -0.690. The number of ether oxygens (including phenoxy) is 2. The second-order valence-electron chi connectivity index (χ2n) is 3.88. The van der Waals surface area contributed by atoms with Crippen molar-refractivity contribution in [1.82, 2.24) is 0 Å². The van der Waals surface area contributed by atoms with Crippen molar-refractivity contribution in [2.75, 3.05) is 12.5 Å². The number of nitrogens with zero attached hydrogens (tertiary/aromatic N) is 1. The van der Waals surface area contributed by atoms with Gasteiger partial charge in [0.05, 0.1) is 13.0 Å². The van der Waals surface area contributed by atoms with E-state index in [1.807, 2.05) is 0 Å². The van der Waals surface area contributed by atoms with Gasteiger partial charge in [0.1, 0.15) is 17.4 Å². The van der Waals surface area contributed by atoms with Crippen molar-refractivity contribution in [2.24, 2.45) is 0 Å².